The maximum absolute atomic E-state index is 6.51. The Morgan fingerprint density at radius 1 is 1.00 bits per heavy atom. The highest BCUT2D eigenvalue weighted by Gasteiger charge is 2.21. The Balaban J connectivity index is 2.22. The monoisotopic (exact) mass is 269 g/mol. The minimum atomic E-state index is -0.381. The molecule has 0 saturated heterocycles. The van der Waals surface area contributed by atoms with Crippen molar-refractivity contribution in [1.82, 2.24) is 0 Å². The van der Waals surface area contributed by atoms with Crippen LogP contribution in [0.3, 0.4) is 0 Å². The lowest BCUT2D eigenvalue weighted by Crippen LogP contribution is -2.35. The normalized spacial score (nSPS) is 13.8. The molecule has 106 valence electrons. The van der Waals surface area contributed by atoms with Gasteiger partial charge in [-0.25, -0.2) is 0 Å². The zero-order chi connectivity index (χ0) is 14.8. The van der Waals surface area contributed by atoms with Gasteiger partial charge in [-0.05, 0) is 61.6 Å². The molecule has 0 radical (unpaired) electrons. The van der Waals surface area contributed by atoms with Gasteiger partial charge in [0.05, 0.1) is 7.11 Å². The van der Waals surface area contributed by atoms with Gasteiger partial charge < -0.3 is 10.5 Å². The van der Waals surface area contributed by atoms with Gasteiger partial charge in [-0.2, -0.15) is 0 Å². The molecule has 0 aliphatic carbocycles. The third-order valence-corrected chi connectivity index (χ3v) is 3.89. The highest BCUT2D eigenvalue weighted by Crippen LogP contribution is 2.25. The van der Waals surface area contributed by atoms with Gasteiger partial charge >= 0.3 is 0 Å². The second-order valence-electron chi connectivity index (χ2n) is 5.74. The van der Waals surface area contributed by atoms with Gasteiger partial charge in [0.15, 0.2) is 0 Å². The zero-order valence-corrected chi connectivity index (χ0v) is 12.7. The summed E-state index contributed by atoms with van der Waals surface area (Å²) in [7, 11) is 1.67. The van der Waals surface area contributed by atoms with E-state index in [9.17, 15) is 0 Å². The van der Waals surface area contributed by atoms with Crippen LogP contribution in [0.15, 0.2) is 42.5 Å². The predicted molar refractivity (Wildman–Crippen MR) is 84.2 cm³/mol. The molecule has 0 aliphatic heterocycles. The summed E-state index contributed by atoms with van der Waals surface area (Å²) in [4.78, 5) is 0. The largest absolute Gasteiger partial charge is 0.497 e. The Bertz CT molecular complexity index is 585. The summed E-state index contributed by atoms with van der Waals surface area (Å²) in [6, 6.07) is 14.6. The predicted octanol–water partition coefficient (Wildman–Crippen LogP) is 3.73. The fourth-order valence-electron chi connectivity index (χ4n) is 2.41. The molecule has 20 heavy (non-hydrogen) atoms. The second kappa shape index (κ2) is 5.68. The van der Waals surface area contributed by atoms with Crippen LogP contribution in [-0.4, -0.2) is 7.11 Å². The van der Waals surface area contributed by atoms with E-state index in [1.54, 1.807) is 7.11 Å². The van der Waals surface area contributed by atoms with Crippen LogP contribution in [0.2, 0.25) is 0 Å². The number of hydrogen-bond donors (Lipinski definition) is 1. The minimum Gasteiger partial charge on any atom is -0.497 e. The van der Waals surface area contributed by atoms with Crippen LogP contribution in [0.5, 0.6) is 5.75 Å². The second-order valence-corrected chi connectivity index (χ2v) is 5.74. The highest BCUT2D eigenvalue weighted by atomic mass is 16.5. The first-order valence-corrected chi connectivity index (χ1v) is 6.92. The lowest BCUT2D eigenvalue weighted by Gasteiger charge is -2.26. The smallest absolute Gasteiger partial charge is 0.118 e. The van der Waals surface area contributed by atoms with Crippen molar-refractivity contribution < 1.29 is 4.74 Å². The first kappa shape index (κ1) is 14.6. The molecule has 0 aliphatic rings. The lowest BCUT2D eigenvalue weighted by atomic mass is 9.86. The summed E-state index contributed by atoms with van der Waals surface area (Å²) < 4.78 is 5.19. The Hall–Kier alpha value is -1.80. The van der Waals surface area contributed by atoms with Gasteiger partial charge in [0.1, 0.15) is 5.75 Å². The van der Waals surface area contributed by atoms with Gasteiger partial charge in [0, 0.05) is 5.54 Å². The van der Waals surface area contributed by atoms with E-state index < -0.39 is 0 Å². The maximum atomic E-state index is 6.51. The molecule has 2 heteroatoms. The molecule has 0 aromatic heterocycles. The summed E-state index contributed by atoms with van der Waals surface area (Å²) in [5.74, 6) is 0.857. The molecule has 0 fully saturated rings. The summed E-state index contributed by atoms with van der Waals surface area (Å²) in [5.41, 5.74) is 11.2. The summed E-state index contributed by atoms with van der Waals surface area (Å²) in [5, 5.41) is 0. The molecule has 0 saturated carbocycles. The number of aryl methyl sites for hydroxylation is 2. The summed E-state index contributed by atoms with van der Waals surface area (Å²) in [6.45, 7) is 6.34. The van der Waals surface area contributed by atoms with Crippen LogP contribution in [0, 0.1) is 13.8 Å². The van der Waals surface area contributed by atoms with Crippen LogP contribution in [0.4, 0.5) is 0 Å². The molecule has 2 N–H and O–H groups in total. The molecule has 2 aromatic carbocycles. The highest BCUT2D eigenvalue weighted by molar-refractivity contribution is 5.35. The first-order chi connectivity index (χ1) is 9.42. The molecule has 2 aromatic rings. The van der Waals surface area contributed by atoms with Gasteiger partial charge in [0.2, 0.25) is 0 Å². The van der Waals surface area contributed by atoms with Crippen LogP contribution in [-0.2, 0) is 12.0 Å². The van der Waals surface area contributed by atoms with Crippen LogP contribution >= 0.6 is 0 Å². The minimum absolute atomic E-state index is 0.381. The Labute approximate surface area is 121 Å². The zero-order valence-electron chi connectivity index (χ0n) is 12.7. The van der Waals surface area contributed by atoms with Crippen molar-refractivity contribution in [2.24, 2.45) is 5.73 Å². The molecular weight excluding hydrogens is 246 g/mol. The van der Waals surface area contributed by atoms with Gasteiger partial charge in [-0.15, -0.1) is 0 Å². The van der Waals surface area contributed by atoms with E-state index in [1.807, 2.05) is 24.3 Å². The van der Waals surface area contributed by atoms with E-state index in [2.05, 4.69) is 39.0 Å². The van der Waals surface area contributed by atoms with Crippen molar-refractivity contribution in [2.45, 2.75) is 32.7 Å². The molecule has 0 bridgehead atoms. The third kappa shape index (κ3) is 3.20. The number of ether oxygens (including phenoxy) is 1. The lowest BCUT2D eigenvalue weighted by molar-refractivity contribution is 0.413. The van der Waals surface area contributed by atoms with Gasteiger partial charge in [0.25, 0.3) is 0 Å². The van der Waals surface area contributed by atoms with E-state index in [0.29, 0.717) is 0 Å². The third-order valence-electron chi connectivity index (χ3n) is 3.89. The van der Waals surface area contributed by atoms with Crippen molar-refractivity contribution in [3.63, 3.8) is 0 Å². The van der Waals surface area contributed by atoms with Crippen molar-refractivity contribution in [3.8, 4) is 5.75 Å². The fourth-order valence-corrected chi connectivity index (χ4v) is 2.41. The number of methoxy groups -OCH3 is 1. The summed E-state index contributed by atoms with van der Waals surface area (Å²) >= 11 is 0. The Kier molecular flexibility index (Phi) is 4.15. The van der Waals surface area contributed by atoms with Crippen LogP contribution in [0.25, 0.3) is 0 Å². The van der Waals surface area contributed by atoms with E-state index >= 15 is 0 Å². The van der Waals surface area contributed by atoms with E-state index in [0.717, 1.165) is 17.7 Å². The Morgan fingerprint density at radius 3 is 2.20 bits per heavy atom. The van der Waals surface area contributed by atoms with Crippen LogP contribution < -0.4 is 10.5 Å². The molecule has 2 nitrogen and oxygen atoms in total. The number of nitrogens with two attached hydrogens (primary N) is 1. The van der Waals surface area contributed by atoms with E-state index in [-0.39, 0.29) is 5.54 Å². The summed E-state index contributed by atoms with van der Waals surface area (Å²) in [6.07, 6.45) is 0.820. The SMILES string of the molecule is COc1ccc(C(C)(N)Cc2ccc(C)c(C)c2)cc1. The topological polar surface area (TPSA) is 35.2 Å². The average Bonchev–Trinajstić information content (AvgIpc) is 2.43. The average molecular weight is 269 g/mol. The number of hydrogen-bond acceptors (Lipinski definition) is 2. The van der Waals surface area contributed by atoms with Gasteiger partial charge in [-0.3, -0.25) is 0 Å². The van der Waals surface area contributed by atoms with Crippen molar-refractivity contribution in [1.29, 1.82) is 0 Å². The molecule has 0 spiro atoms. The number of benzene rings is 2. The van der Waals surface area contributed by atoms with E-state index in [4.69, 9.17) is 10.5 Å². The van der Waals surface area contributed by atoms with Crippen LogP contribution in [0.1, 0.15) is 29.2 Å². The first-order valence-electron chi connectivity index (χ1n) is 6.92. The number of rotatable bonds is 4. The maximum Gasteiger partial charge on any atom is 0.118 e. The van der Waals surface area contributed by atoms with Gasteiger partial charge in [-0.1, -0.05) is 30.3 Å². The standard InChI is InChI=1S/C18H23NO/c1-13-5-6-15(11-14(13)2)12-18(3,19)16-7-9-17(20-4)10-8-16/h5-11H,12,19H2,1-4H3. The van der Waals surface area contributed by atoms with Crippen molar-refractivity contribution in [3.05, 3.63) is 64.7 Å². The Morgan fingerprint density at radius 2 is 1.65 bits per heavy atom. The van der Waals surface area contributed by atoms with Crippen molar-refractivity contribution >= 4 is 0 Å². The van der Waals surface area contributed by atoms with E-state index in [1.165, 1.54) is 16.7 Å². The molecule has 0 amide bonds. The quantitative estimate of drug-likeness (QED) is 0.918. The molecule has 2 rings (SSSR count). The fraction of sp³-hybridized carbons (Fsp3) is 0.333. The molecule has 1 atom stereocenters. The van der Waals surface area contributed by atoms with Crippen molar-refractivity contribution in [2.75, 3.05) is 7.11 Å². The molecular formula is C18H23NO. The molecule has 0 heterocycles. The molecule has 1 unspecified atom stereocenters.